The van der Waals surface area contributed by atoms with Crippen molar-refractivity contribution in [3.63, 3.8) is 0 Å². The maximum Gasteiger partial charge on any atom is 0.343 e. The summed E-state index contributed by atoms with van der Waals surface area (Å²) < 4.78 is 37.6. The van der Waals surface area contributed by atoms with Gasteiger partial charge in [-0.2, -0.15) is 0 Å². The van der Waals surface area contributed by atoms with Crippen LogP contribution < -0.4 is 21.5 Å². The summed E-state index contributed by atoms with van der Waals surface area (Å²) in [6.45, 7) is 2.96. The molecule has 0 unspecified atom stereocenters. The van der Waals surface area contributed by atoms with Crippen molar-refractivity contribution in [2.24, 2.45) is 13.0 Å². The maximum atomic E-state index is 14.0. The molecule has 2 aromatic rings. The van der Waals surface area contributed by atoms with E-state index >= 15 is 0 Å². The number of aromatic nitrogens is 2. The van der Waals surface area contributed by atoms with Crippen LogP contribution in [0, 0.1) is 12.8 Å². The molecule has 1 aliphatic rings. The van der Waals surface area contributed by atoms with Gasteiger partial charge in [-0.25, -0.2) is 22.7 Å². The predicted molar refractivity (Wildman–Crippen MR) is 108 cm³/mol. The van der Waals surface area contributed by atoms with Gasteiger partial charge in [0.25, 0.3) is 5.82 Å². The normalized spacial score (nSPS) is 19.8. The van der Waals surface area contributed by atoms with Crippen molar-refractivity contribution in [1.29, 1.82) is 0 Å². The second kappa shape index (κ2) is 10.7. The topological polar surface area (TPSA) is 55.3 Å². The maximum absolute atomic E-state index is 14.0. The third kappa shape index (κ3) is 5.92. The highest BCUT2D eigenvalue weighted by Crippen LogP contribution is 2.45. The van der Waals surface area contributed by atoms with E-state index < -0.39 is 29.8 Å². The first-order valence-electron chi connectivity index (χ1n) is 10.6. The number of imidazole rings is 1. The lowest BCUT2D eigenvalue weighted by Crippen LogP contribution is -3.00. The molecule has 0 amide bonds. The number of halogens is 3. The number of aryl methyl sites for hydroxylation is 2. The van der Waals surface area contributed by atoms with Crippen LogP contribution in [0.4, 0.5) is 8.78 Å². The molecule has 0 radical (unpaired) electrons. The minimum absolute atomic E-state index is 0. The molecule has 1 heterocycles. The fourth-order valence-corrected chi connectivity index (χ4v) is 4.24. The Kier molecular flexibility index (Phi) is 8.77. The van der Waals surface area contributed by atoms with Crippen molar-refractivity contribution in [3.8, 4) is 0 Å². The Morgan fingerprint density at radius 3 is 2.65 bits per heavy atom. The summed E-state index contributed by atoms with van der Waals surface area (Å²) in [6.07, 6.45) is 5.31. The second-order valence-electron chi connectivity index (χ2n) is 8.27. The van der Waals surface area contributed by atoms with Gasteiger partial charge in [-0.15, -0.1) is 0 Å². The summed E-state index contributed by atoms with van der Waals surface area (Å²) in [5.74, 6) is -3.46. The predicted octanol–water partition coefficient (Wildman–Crippen LogP) is 0.662. The van der Waals surface area contributed by atoms with Gasteiger partial charge in [0, 0.05) is 25.7 Å². The molecular weight excluding hydrogens is 470 g/mol. The van der Waals surface area contributed by atoms with Crippen molar-refractivity contribution in [3.05, 3.63) is 54.1 Å². The number of aliphatic hydroxyl groups is 1. The highest BCUT2D eigenvalue weighted by Gasteiger charge is 2.52. The van der Waals surface area contributed by atoms with E-state index in [1.807, 2.05) is 30.9 Å². The number of carbonyl (C=O) groups is 1. The van der Waals surface area contributed by atoms with Crippen LogP contribution in [-0.2, 0) is 28.7 Å². The van der Waals surface area contributed by atoms with Crippen LogP contribution in [-0.4, -0.2) is 28.2 Å². The Hall–Kier alpha value is -1.80. The molecule has 31 heavy (non-hydrogen) atoms. The van der Waals surface area contributed by atoms with Crippen molar-refractivity contribution < 1.29 is 45.0 Å². The lowest BCUT2D eigenvalue weighted by atomic mass is 9.72. The standard InChI is InChI=1S/C23H31F2N2O3.BrH/c1-18-26(2)14-15-27(18)13-6-7-16-30-21(28)23(29,19-9-4-3-5-10-19)20-11-8-12-22(24,25)17-20;/h3-5,9-10,14-15,20,29H,6-8,11-13,16-17H2,1-2H3;1H/q+1;/p-1/t20-,23+;/m1./s1. The van der Waals surface area contributed by atoms with Gasteiger partial charge in [-0.3, -0.25) is 0 Å². The average Bonchev–Trinajstić information content (AvgIpc) is 3.04. The van der Waals surface area contributed by atoms with Gasteiger partial charge in [0.05, 0.1) is 20.2 Å². The van der Waals surface area contributed by atoms with E-state index in [2.05, 4.69) is 4.57 Å². The third-order valence-electron chi connectivity index (χ3n) is 6.18. The molecule has 1 saturated carbocycles. The molecule has 1 aliphatic carbocycles. The number of ether oxygens (including phenoxy) is 1. The van der Waals surface area contributed by atoms with Crippen LogP contribution in [0.25, 0.3) is 0 Å². The van der Waals surface area contributed by atoms with Gasteiger partial charge in [0.15, 0.2) is 5.60 Å². The summed E-state index contributed by atoms with van der Waals surface area (Å²) in [5, 5.41) is 11.4. The van der Waals surface area contributed by atoms with Crippen LogP contribution in [0.5, 0.6) is 0 Å². The van der Waals surface area contributed by atoms with E-state index in [1.54, 1.807) is 30.3 Å². The van der Waals surface area contributed by atoms with Gasteiger partial charge in [0.2, 0.25) is 5.92 Å². The molecule has 1 fully saturated rings. The number of nitrogens with zero attached hydrogens (tertiary/aromatic N) is 2. The van der Waals surface area contributed by atoms with Crippen molar-refractivity contribution in [2.75, 3.05) is 6.61 Å². The number of hydrogen-bond donors (Lipinski definition) is 1. The van der Waals surface area contributed by atoms with Crippen molar-refractivity contribution in [2.45, 2.75) is 63.5 Å². The second-order valence-corrected chi connectivity index (χ2v) is 8.27. The molecule has 1 aromatic carbocycles. The molecule has 5 nitrogen and oxygen atoms in total. The first-order chi connectivity index (χ1) is 14.2. The number of unbranched alkanes of at least 4 members (excludes halogenated alkanes) is 1. The Bertz CT molecular complexity index is 860. The van der Waals surface area contributed by atoms with Crippen LogP contribution >= 0.6 is 0 Å². The van der Waals surface area contributed by atoms with Gasteiger partial charge < -0.3 is 26.8 Å². The summed E-state index contributed by atoms with van der Waals surface area (Å²) in [4.78, 5) is 12.9. The van der Waals surface area contributed by atoms with E-state index in [0.717, 1.165) is 18.8 Å². The van der Waals surface area contributed by atoms with E-state index in [-0.39, 0.29) is 36.4 Å². The van der Waals surface area contributed by atoms with Crippen LogP contribution in [0.15, 0.2) is 42.7 Å². The zero-order chi connectivity index (χ0) is 21.8. The molecule has 8 heteroatoms. The summed E-state index contributed by atoms with van der Waals surface area (Å²) >= 11 is 0. The van der Waals surface area contributed by atoms with Gasteiger partial charge in [0.1, 0.15) is 12.4 Å². The lowest BCUT2D eigenvalue weighted by Gasteiger charge is -2.39. The number of hydrogen-bond acceptors (Lipinski definition) is 3. The minimum Gasteiger partial charge on any atom is -1.00 e. The van der Waals surface area contributed by atoms with Crippen LogP contribution in [0.1, 0.15) is 49.9 Å². The zero-order valence-corrected chi connectivity index (χ0v) is 19.7. The van der Waals surface area contributed by atoms with E-state index in [9.17, 15) is 18.7 Å². The van der Waals surface area contributed by atoms with Crippen molar-refractivity contribution in [1.82, 2.24) is 4.57 Å². The smallest absolute Gasteiger partial charge is 0.343 e. The first kappa shape index (κ1) is 25.5. The van der Waals surface area contributed by atoms with E-state index in [4.69, 9.17) is 4.74 Å². The van der Waals surface area contributed by atoms with Gasteiger partial charge in [-0.05, 0) is 31.2 Å². The van der Waals surface area contributed by atoms with Crippen molar-refractivity contribution >= 4 is 5.97 Å². The highest BCUT2D eigenvalue weighted by molar-refractivity contribution is 5.81. The third-order valence-corrected chi connectivity index (χ3v) is 6.18. The highest BCUT2D eigenvalue weighted by atomic mass is 79.9. The molecule has 0 spiro atoms. The Morgan fingerprint density at radius 2 is 2.03 bits per heavy atom. The summed E-state index contributed by atoms with van der Waals surface area (Å²) in [6, 6.07) is 8.33. The van der Waals surface area contributed by atoms with Crippen LogP contribution in [0.2, 0.25) is 0 Å². The molecule has 0 bridgehead atoms. The molecule has 0 saturated heterocycles. The average molecular weight is 501 g/mol. The first-order valence-corrected chi connectivity index (χ1v) is 10.6. The zero-order valence-electron chi connectivity index (χ0n) is 18.1. The summed E-state index contributed by atoms with van der Waals surface area (Å²) in [7, 11) is 1.98. The van der Waals surface area contributed by atoms with Crippen LogP contribution in [0.3, 0.4) is 0 Å². The molecular formula is C23H31BrF2N2O3. The van der Waals surface area contributed by atoms with Gasteiger partial charge >= 0.3 is 5.97 Å². The SMILES string of the molecule is Cc1n(CCCCOC(=O)[C@](O)(c2ccccc2)[C@@H]2CCCC(F)(F)C2)cc[n+]1C.[Br-]. The fraction of sp³-hybridized carbons (Fsp3) is 0.565. The Labute approximate surface area is 192 Å². The van der Waals surface area contributed by atoms with E-state index in [1.165, 1.54) is 0 Å². The fourth-order valence-electron chi connectivity index (χ4n) is 4.24. The number of alkyl halides is 2. The molecule has 1 N–H and O–H groups in total. The molecule has 172 valence electrons. The number of esters is 1. The quantitative estimate of drug-likeness (QED) is 0.329. The molecule has 0 aliphatic heterocycles. The van der Waals surface area contributed by atoms with E-state index in [0.29, 0.717) is 18.4 Å². The molecule has 2 atom stereocenters. The number of carbonyl (C=O) groups excluding carboxylic acids is 1. The largest absolute Gasteiger partial charge is 1.00 e. The lowest BCUT2D eigenvalue weighted by molar-refractivity contribution is -0.677. The number of benzene rings is 1. The monoisotopic (exact) mass is 500 g/mol. The van der Waals surface area contributed by atoms with Gasteiger partial charge in [-0.1, -0.05) is 30.3 Å². The summed E-state index contributed by atoms with van der Waals surface area (Å²) in [5.41, 5.74) is -1.75. The molecule has 3 rings (SSSR count). The molecule has 1 aromatic heterocycles. The Morgan fingerprint density at radius 1 is 1.32 bits per heavy atom. The Balaban J connectivity index is 0.00000341. The number of rotatable bonds is 8. The minimum atomic E-state index is -2.88.